The van der Waals surface area contributed by atoms with Gasteiger partial charge in [0.1, 0.15) is 0 Å². The number of methoxy groups -OCH3 is 2. The van der Waals surface area contributed by atoms with Crippen molar-refractivity contribution in [3.05, 3.63) is 17.7 Å². The predicted molar refractivity (Wildman–Crippen MR) is 77.1 cm³/mol. The van der Waals surface area contributed by atoms with Crippen molar-refractivity contribution in [2.24, 2.45) is 5.92 Å². The molecule has 0 bridgehead atoms. The molecule has 1 amide bonds. The quantitative estimate of drug-likeness (QED) is 0.678. The number of hydrogen-bond donors (Lipinski definition) is 3. The van der Waals surface area contributed by atoms with E-state index in [0.29, 0.717) is 22.7 Å². The first-order valence-electron chi connectivity index (χ1n) is 6.37. The molecule has 0 aromatic heterocycles. The molecule has 6 heteroatoms. The first-order valence-corrected chi connectivity index (χ1v) is 6.37. The number of aliphatic hydroxyl groups excluding tert-OH is 1. The van der Waals surface area contributed by atoms with Crippen LogP contribution in [-0.4, -0.2) is 37.9 Å². The highest BCUT2D eigenvalue weighted by Gasteiger charge is 2.20. The third-order valence-electron chi connectivity index (χ3n) is 3.12. The first kappa shape index (κ1) is 16.1. The smallest absolute Gasteiger partial charge is 0.253 e. The van der Waals surface area contributed by atoms with Crippen molar-refractivity contribution in [2.45, 2.75) is 19.9 Å². The van der Waals surface area contributed by atoms with Crippen LogP contribution in [-0.2, 0) is 0 Å². The minimum atomic E-state index is -0.351. The fourth-order valence-electron chi connectivity index (χ4n) is 1.76. The van der Waals surface area contributed by atoms with Gasteiger partial charge in [-0.3, -0.25) is 4.79 Å². The van der Waals surface area contributed by atoms with E-state index in [1.165, 1.54) is 26.4 Å². The van der Waals surface area contributed by atoms with Crippen molar-refractivity contribution < 1.29 is 19.4 Å². The van der Waals surface area contributed by atoms with E-state index in [-0.39, 0.29) is 24.5 Å². The lowest BCUT2D eigenvalue weighted by Crippen LogP contribution is -2.41. The van der Waals surface area contributed by atoms with Crippen LogP contribution in [0.4, 0.5) is 5.69 Å². The lowest BCUT2D eigenvalue weighted by Gasteiger charge is -2.20. The number of ether oxygens (including phenoxy) is 2. The summed E-state index contributed by atoms with van der Waals surface area (Å²) in [6, 6.07) is 2.74. The highest BCUT2D eigenvalue weighted by atomic mass is 16.5. The molecular weight excluding hydrogens is 260 g/mol. The van der Waals surface area contributed by atoms with E-state index in [9.17, 15) is 9.90 Å². The summed E-state index contributed by atoms with van der Waals surface area (Å²) in [7, 11) is 2.98. The van der Waals surface area contributed by atoms with Gasteiger partial charge in [-0.15, -0.1) is 0 Å². The van der Waals surface area contributed by atoms with Gasteiger partial charge in [-0.25, -0.2) is 0 Å². The van der Waals surface area contributed by atoms with E-state index in [1.807, 2.05) is 13.8 Å². The second kappa shape index (κ2) is 7.00. The molecule has 0 fully saturated rings. The second-order valence-corrected chi connectivity index (χ2v) is 4.80. The Morgan fingerprint density at radius 1 is 1.30 bits per heavy atom. The number of benzene rings is 1. The van der Waals surface area contributed by atoms with Crippen molar-refractivity contribution in [2.75, 3.05) is 26.6 Å². The second-order valence-electron chi connectivity index (χ2n) is 4.80. The zero-order chi connectivity index (χ0) is 15.3. The van der Waals surface area contributed by atoms with E-state index in [4.69, 9.17) is 15.2 Å². The van der Waals surface area contributed by atoms with Crippen LogP contribution < -0.4 is 20.5 Å². The molecule has 20 heavy (non-hydrogen) atoms. The Hall–Kier alpha value is -1.95. The Bertz CT molecular complexity index is 474. The molecule has 1 atom stereocenters. The average molecular weight is 282 g/mol. The third-order valence-corrected chi connectivity index (χ3v) is 3.12. The molecule has 0 heterocycles. The maximum Gasteiger partial charge on any atom is 0.253 e. The number of nitrogens with two attached hydrogens (primary N) is 1. The lowest BCUT2D eigenvalue weighted by atomic mass is 10.0. The molecule has 0 spiro atoms. The van der Waals surface area contributed by atoms with Gasteiger partial charge in [0.25, 0.3) is 5.91 Å². The molecule has 1 aromatic carbocycles. The molecule has 0 saturated carbocycles. The Labute approximate surface area is 118 Å². The molecule has 1 rings (SSSR count). The van der Waals surface area contributed by atoms with Crippen molar-refractivity contribution in [1.29, 1.82) is 0 Å². The highest BCUT2D eigenvalue weighted by Crippen LogP contribution is 2.31. The molecule has 0 aliphatic carbocycles. The highest BCUT2D eigenvalue weighted by molar-refractivity contribution is 6.00. The van der Waals surface area contributed by atoms with Gasteiger partial charge in [-0.1, -0.05) is 13.8 Å². The maximum atomic E-state index is 12.2. The standard InChI is InChI=1S/C14H22N2O4/c1-8(2)11(7-17)16-14(18)9-5-12(19-3)13(20-4)6-10(9)15/h5-6,8,11,17H,7,15H2,1-4H3,(H,16,18)/t11-/m1/s1. The molecule has 6 nitrogen and oxygen atoms in total. The summed E-state index contributed by atoms with van der Waals surface area (Å²) < 4.78 is 10.3. The number of hydrogen-bond acceptors (Lipinski definition) is 5. The molecule has 0 saturated heterocycles. The number of aliphatic hydroxyl groups is 1. The Kier molecular flexibility index (Phi) is 5.64. The van der Waals surface area contributed by atoms with Crippen LogP contribution in [0.3, 0.4) is 0 Å². The predicted octanol–water partition coefficient (Wildman–Crippen LogP) is 1.03. The van der Waals surface area contributed by atoms with E-state index >= 15 is 0 Å². The van der Waals surface area contributed by atoms with Gasteiger partial charge in [0, 0.05) is 11.8 Å². The van der Waals surface area contributed by atoms with Crippen molar-refractivity contribution in [3.63, 3.8) is 0 Å². The topological polar surface area (TPSA) is 93.8 Å². The third kappa shape index (κ3) is 3.54. The van der Waals surface area contributed by atoms with Gasteiger partial charge in [-0.2, -0.15) is 0 Å². The average Bonchev–Trinajstić information content (AvgIpc) is 2.43. The van der Waals surface area contributed by atoms with Crippen LogP contribution in [0.25, 0.3) is 0 Å². The number of amides is 1. The summed E-state index contributed by atoms with van der Waals surface area (Å²) in [6.07, 6.45) is 0. The van der Waals surface area contributed by atoms with Crippen LogP contribution in [0.1, 0.15) is 24.2 Å². The minimum Gasteiger partial charge on any atom is -0.493 e. The number of carbonyl (C=O) groups excluding carboxylic acids is 1. The minimum absolute atomic E-state index is 0.116. The first-order chi connectivity index (χ1) is 9.44. The zero-order valence-corrected chi connectivity index (χ0v) is 12.3. The molecule has 0 radical (unpaired) electrons. The van der Waals surface area contributed by atoms with Crippen molar-refractivity contribution >= 4 is 11.6 Å². The van der Waals surface area contributed by atoms with Crippen LogP contribution in [0.2, 0.25) is 0 Å². The molecule has 112 valence electrons. The molecule has 4 N–H and O–H groups in total. The van der Waals surface area contributed by atoms with Crippen molar-refractivity contribution in [1.82, 2.24) is 5.32 Å². The van der Waals surface area contributed by atoms with E-state index in [1.54, 1.807) is 0 Å². The number of carbonyl (C=O) groups is 1. The summed E-state index contributed by atoms with van der Waals surface area (Å²) in [5, 5.41) is 12.0. The van der Waals surface area contributed by atoms with Crippen molar-refractivity contribution in [3.8, 4) is 11.5 Å². The van der Waals surface area contributed by atoms with Gasteiger partial charge >= 0.3 is 0 Å². The van der Waals surface area contributed by atoms with Crippen LogP contribution in [0, 0.1) is 5.92 Å². The van der Waals surface area contributed by atoms with E-state index < -0.39 is 0 Å². The zero-order valence-electron chi connectivity index (χ0n) is 12.3. The van der Waals surface area contributed by atoms with E-state index in [0.717, 1.165) is 0 Å². The van der Waals surface area contributed by atoms with Gasteiger partial charge in [-0.05, 0) is 12.0 Å². The number of nitrogens with one attached hydrogen (secondary N) is 1. The summed E-state index contributed by atoms with van der Waals surface area (Å²) in [5.41, 5.74) is 6.44. The Morgan fingerprint density at radius 2 is 1.85 bits per heavy atom. The molecule has 0 unspecified atom stereocenters. The summed E-state index contributed by atoms with van der Waals surface area (Å²) in [4.78, 5) is 12.2. The molecular formula is C14H22N2O4. The summed E-state index contributed by atoms with van der Waals surface area (Å²) >= 11 is 0. The monoisotopic (exact) mass is 282 g/mol. The number of nitrogen functional groups attached to an aromatic ring is 1. The molecule has 1 aromatic rings. The largest absolute Gasteiger partial charge is 0.493 e. The molecule has 0 aliphatic rings. The fraction of sp³-hybridized carbons (Fsp3) is 0.500. The summed E-state index contributed by atoms with van der Waals surface area (Å²) in [6.45, 7) is 3.70. The van der Waals surface area contributed by atoms with Crippen LogP contribution in [0.5, 0.6) is 11.5 Å². The van der Waals surface area contributed by atoms with Crippen LogP contribution in [0.15, 0.2) is 12.1 Å². The maximum absolute atomic E-state index is 12.2. The normalized spacial score (nSPS) is 12.1. The summed E-state index contributed by atoms with van der Waals surface area (Å²) in [5.74, 6) is 0.655. The van der Waals surface area contributed by atoms with E-state index in [2.05, 4.69) is 5.32 Å². The lowest BCUT2D eigenvalue weighted by molar-refractivity contribution is 0.0897. The van der Waals surface area contributed by atoms with Crippen LogP contribution >= 0.6 is 0 Å². The molecule has 0 aliphatic heterocycles. The Balaban J connectivity index is 3.04. The number of anilines is 1. The SMILES string of the molecule is COc1cc(N)c(C(=O)N[C@H](CO)C(C)C)cc1OC. The Morgan fingerprint density at radius 3 is 2.30 bits per heavy atom. The number of rotatable bonds is 6. The van der Waals surface area contributed by atoms with Gasteiger partial charge in [0.05, 0.1) is 32.4 Å². The van der Waals surface area contributed by atoms with Gasteiger partial charge in [0.2, 0.25) is 0 Å². The van der Waals surface area contributed by atoms with Gasteiger partial charge < -0.3 is 25.6 Å². The fourth-order valence-corrected chi connectivity index (χ4v) is 1.76. The van der Waals surface area contributed by atoms with Gasteiger partial charge in [0.15, 0.2) is 11.5 Å².